The van der Waals surface area contributed by atoms with Crippen molar-refractivity contribution < 1.29 is 19.9 Å². The van der Waals surface area contributed by atoms with Crippen molar-refractivity contribution in [3.05, 3.63) is 23.8 Å². The third-order valence-corrected chi connectivity index (χ3v) is 6.60. The van der Waals surface area contributed by atoms with Crippen molar-refractivity contribution in [1.29, 1.82) is 0 Å². The second-order valence-corrected chi connectivity index (χ2v) is 8.27. The van der Waals surface area contributed by atoms with Crippen LogP contribution < -0.4 is 9.80 Å². The number of rotatable bonds is 2. The molecule has 1 aromatic rings. The summed E-state index contributed by atoms with van der Waals surface area (Å²) < 4.78 is 0. The predicted molar refractivity (Wildman–Crippen MR) is 100 cm³/mol. The first-order chi connectivity index (χ1) is 12.7. The van der Waals surface area contributed by atoms with Crippen molar-refractivity contribution in [2.45, 2.75) is 50.4 Å². The number of amides is 2. The Hall–Kier alpha value is -2.32. The van der Waals surface area contributed by atoms with Crippen LogP contribution in [0.2, 0.25) is 0 Å². The molecule has 2 unspecified atom stereocenters. The average Bonchev–Trinajstić information content (AvgIpc) is 3.14. The van der Waals surface area contributed by atoms with Crippen LogP contribution in [0, 0.1) is 0 Å². The molecule has 8 nitrogen and oxygen atoms in total. The molecule has 0 saturated carbocycles. The minimum Gasteiger partial charge on any atom is -0.465 e. The van der Waals surface area contributed by atoms with Crippen molar-refractivity contribution in [3.8, 4) is 0 Å². The lowest BCUT2D eigenvalue weighted by Crippen LogP contribution is -2.45. The molecular formula is C19H26N4O4. The van der Waals surface area contributed by atoms with Crippen LogP contribution in [0.25, 0.3) is 0 Å². The number of fused-ring (bicyclic) bond motifs is 3. The van der Waals surface area contributed by atoms with Crippen LogP contribution in [0.15, 0.2) is 18.2 Å². The Morgan fingerprint density at radius 1 is 1.33 bits per heavy atom. The highest BCUT2D eigenvalue weighted by molar-refractivity contribution is 5.98. The van der Waals surface area contributed by atoms with E-state index in [0.29, 0.717) is 10.8 Å². The van der Waals surface area contributed by atoms with Gasteiger partial charge in [-0.1, -0.05) is 6.92 Å². The van der Waals surface area contributed by atoms with E-state index in [9.17, 15) is 19.9 Å². The number of anilines is 2. The standard InChI is InChI=1S/C19H26N4O4/c1-11-9-15(16(24)23(11)27)22(18(25)26)12-5-6-14-13(10-12)19(2)7-8-20(3)17(19)21(14)4/h5-6,10-11,15,17,27H,7-9H2,1-4H3,(H,25,26)/t11?,15?,17-,19+/m1/s1. The Morgan fingerprint density at radius 2 is 2.04 bits per heavy atom. The summed E-state index contributed by atoms with van der Waals surface area (Å²) in [6.45, 7) is 4.90. The SMILES string of the molecule is CC1CC(N(C(=O)O)c2ccc3c(c2)[C@]2(C)CCN(C)[C@@H]2N3C)C(=O)N1O. The fourth-order valence-electron chi connectivity index (χ4n) is 5.25. The molecule has 2 fully saturated rings. The normalized spacial score (nSPS) is 32.8. The number of likely N-dealkylation sites (tertiary alicyclic amines) is 1. The van der Waals surface area contributed by atoms with Gasteiger partial charge in [-0.25, -0.2) is 9.86 Å². The van der Waals surface area contributed by atoms with E-state index in [1.54, 1.807) is 13.0 Å². The minimum absolute atomic E-state index is 0.0883. The minimum atomic E-state index is -1.19. The van der Waals surface area contributed by atoms with E-state index < -0.39 is 24.1 Å². The topological polar surface area (TPSA) is 87.6 Å². The molecule has 3 heterocycles. The molecule has 8 heteroatoms. The molecule has 146 valence electrons. The van der Waals surface area contributed by atoms with Gasteiger partial charge in [0.1, 0.15) is 6.04 Å². The first kappa shape index (κ1) is 18.1. The van der Waals surface area contributed by atoms with Crippen LogP contribution in [0.5, 0.6) is 0 Å². The van der Waals surface area contributed by atoms with Crippen molar-refractivity contribution in [3.63, 3.8) is 0 Å². The first-order valence-electron chi connectivity index (χ1n) is 9.28. The van der Waals surface area contributed by atoms with Crippen LogP contribution in [-0.2, 0) is 10.2 Å². The summed E-state index contributed by atoms with van der Waals surface area (Å²) in [4.78, 5) is 30.1. The van der Waals surface area contributed by atoms with E-state index in [1.807, 2.05) is 12.1 Å². The molecule has 4 rings (SSSR count). The molecule has 4 atom stereocenters. The quantitative estimate of drug-likeness (QED) is 0.769. The summed E-state index contributed by atoms with van der Waals surface area (Å²) in [7, 11) is 4.17. The number of hydrogen-bond acceptors (Lipinski definition) is 5. The van der Waals surface area contributed by atoms with Gasteiger partial charge in [0, 0.05) is 36.8 Å². The zero-order valence-corrected chi connectivity index (χ0v) is 16.1. The first-order valence-corrected chi connectivity index (χ1v) is 9.28. The molecule has 2 N–H and O–H groups in total. The zero-order valence-electron chi connectivity index (χ0n) is 16.1. The third-order valence-electron chi connectivity index (χ3n) is 6.60. The highest BCUT2D eigenvalue weighted by Crippen LogP contribution is 2.51. The van der Waals surface area contributed by atoms with Crippen LogP contribution in [0.4, 0.5) is 16.2 Å². The van der Waals surface area contributed by atoms with Gasteiger partial charge in [-0.15, -0.1) is 0 Å². The highest BCUT2D eigenvalue weighted by Gasteiger charge is 2.52. The molecular weight excluding hydrogens is 348 g/mol. The van der Waals surface area contributed by atoms with Crippen LogP contribution in [0.1, 0.15) is 32.3 Å². The lowest BCUT2D eigenvalue weighted by Gasteiger charge is -2.32. The number of carbonyl (C=O) groups is 2. The number of hydrogen-bond donors (Lipinski definition) is 2. The van der Waals surface area contributed by atoms with Gasteiger partial charge >= 0.3 is 6.09 Å². The number of carbonyl (C=O) groups excluding carboxylic acids is 1. The van der Waals surface area contributed by atoms with Gasteiger partial charge in [0.15, 0.2) is 0 Å². The summed E-state index contributed by atoms with van der Waals surface area (Å²) in [5, 5.41) is 20.3. The van der Waals surface area contributed by atoms with Crippen molar-refractivity contribution in [1.82, 2.24) is 9.96 Å². The van der Waals surface area contributed by atoms with Gasteiger partial charge in [-0.3, -0.25) is 19.8 Å². The Labute approximate surface area is 158 Å². The van der Waals surface area contributed by atoms with E-state index in [2.05, 4.69) is 30.8 Å². The molecule has 2 saturated heterocycles. The Kier molecular flexibility index (Phi) is 3.91. The van der Waals surface area contributed by atoms with E-state index in [0.717, 1.165) is 29.1 Å². The van der Waals surface area contributed by atoms with E-state index in [4.69, 9.17) is 0 Å². The molecule has 1 aromatic carbocycles. The molecule has 0 aliphatic carbocycles. The maximum atomic E-state index is 12.4. The van der Waals surface area contributed by atoms with Gasteiger partial charge in [-0.2, -0.15) is 0 Å². The second kappa shape index (κ2) is 5.84. The maximum Gasteiger partial charge on any atom is 0.412 e. The number of likely N-dealkylation sites (N-methyl/N-ethyl adjacent to an activating group) is 2. The predicted octanol–water partition coefficient (Wildman–Crippen LogP) is 1.92. The Bertz CT molecular complexity index is 815. The van der Waals surface area contributed by atoms with Gasteiger partial charge in [0.05, 0.1) is 12.2 Å². The molecule has 0 radical (unpaired) electrons. The molecule has 3 aliphatic heterocycles. The molecule has 3 aliphatic rings. The summed E-state index contributed by atoms with van der Waals surface area (Å²) >= 11 is 0. The van der Waals surface area contributed by atoms with Gasteiger partial charge in [0.2, 0.25) is 0 Å². The average molecular weight is 374 g/mol. The molecule has 0 spiro atoms. The van der Waals surface area contributed by atoms with Gasteiger partial charge in [-0.05, 0) is 44.2 Å². The fourth-order valence-corrected chi connectivity index (χ4v) is 5.25. The number of carboxylic acid groups (broad SMARTS) is 1. The lowest BCUT2D eigenvalue weighted by atomic mass is 9.81. The van der Waals surface area contributed by atoms with E-state index >= 15 is 0 Å². The monoisotopic (exact) mass is 374 g/mol. The molecule has 0 aromatic heterocycles. The summed E-state index contributed by atoms with van der Waals surface area (Å²) in [6, 6.07) is 4.30. The summed E-state index contributed by atoms with van der Waals surface area (Å²) in [5.41, 5.74) is 2.60. The Morgan fingerprint density at radius 3 is 2.63 bits per heavy atom. The number of nitrogens with zero attached hydrogens (tertiary/aromatic N) is 4. The van der Waals surface area contributed by atoms with E-state index in [1.165, 1.54) is 0 Å². The van der Waals surface area contributed by atoms with Crippen LogP contribution in [0.3, 0.4) is 0 Å². The largest absolute Gasteiger partial charge is 0.465 e. The van der Waals surface area contributed by atoms with Gasteiger partial charge in [0.25, 0.3) is 5.91 Å². The maximum absolute atomic E-state index is 12.4. The number of benzene rings is 1. The van der Waals surface area contributed by atoms with E-state index in [-0.39, 0.29) is 18.0 Å². The van der Waals surface area contributed by atoms with Crippen molar-refractivity contribution in [2.75, 3.05) is 30.4 Å². The number of hydroxylamine groups is 2. The van der Waals surface area contributed by atoms with Crippen molar-refractivity contribution in [2.24, 2.45) is 0 Å². The van der Waals surface area contributed by atoms with Crippen LogP contribution >= 0.6 is 0 Å². The van der Waals surface area contributed by atoms with Gasteiger partial charge < -0.3 is 10.0 Å². The molecule has 27 heavy (non-hydrogen) atoms. The third kappa shape index (κ3) is 2.36. The molecule has 2 amide bonds. The highest BCUT2D eigenvalue weighted by atomic mass is 16.5. The molecule has 0 bridgehead atoms. The fraction of sp³-hybridized carbons (Fsp3) is 0.579. The Balaban J connectivity index is 1.76. The van der Waals surface area contributed by atoms with Crippen LogP contribution in [-0.4, -0.2) is 71.2 Å². The second-order valence-electron chi connectivity index (χ2n) is 8.27. The smallest absolute Gasteiger partial charge is 0.412 e. The summed E-state index contributed by atoms with van der Waals surface area (Å²) in [5.74, 6) is -0.577. The summed E-state index contributed by atoms with van der Waals surface area (Å²) in [6.07, 6.45) is 0.307. The zero-order chi connectivity index (χ0) is 19.7. The lowest BCUT2D eigenvalue weighted by molar-refractivity contribution is -0.164. The van der Waals surface area contributed by atoms with Crippen molar-refractivity contribution >= 4 is 23.4 Å².